The van der Waals surface area contributed by atoms with E-state index in [4.69, 9.17) is 4.74 Å². The standard InChI is InChI=1S/C11H13BO3/c1-15-11(12(13)14)7-6-9-4-2-3-5-10(9)8-11/h2-7,13-14H,8H2,1H3. The van der Waals surface area contributed by atoms with Crippen LogP contribution in [0.5, 0.6) is 0 Å². The summed E-state index contributed by atoms with van der Waals surface area (Å²) >= 11 is 0. The van der Waals surface area contributed by atoms with Gasteiger partial charge in [0.25, 0.3) is 0 Å². The molecule has 0 aromatic heterocycles. The minimum absolute atomic E-state index is 0.480. The van der Waals surface area contributed by atoms with E-state index in [0.29, 0.717) is 6.42 Å². The van der Waals surface area contributed by atoms with Crippen molar-refractivity contribution in [1.29, 1.82) is 0 Å². The maximum absolute atomic E-state index is 9.33. The fraction of sp³-hybridized carbons (Fsp3) is 0.273. The van der Waals surface area contributed by atoms with Crippen LogP contribution in [-0.2, 0) is 11.2 Å². The molecule has 0 radical (unpaired) electrons. The average Bonchev–Trinajstić information content (AvgIpc) is 2.28. The third-order valence-corrected chi connectivity index (χ3v) is 2.88. The van der Waals surface area contributed by atoms with Crippen molar-refractivity contribution in [2.24, 2.45) is 0 Å². The normalized spacial score (nSPS) is 23.7. The van der Waals surface area contributed by atoms with Gasteiger partial charge in [0.2, 0.25) is 0 Å². The lowest BCUT2D eigenvalue weighted by Gasteiger charge is -2.31. The number of benzene rings is 1. The molecular weight excluding hydrogens is 191 g/mol. The highest BCUT2D eigenvalue weighted by atomic mass is 16.5. The Kier molecular flexibility index (Phi) is 2.65. The second kappa shape index (κ2) is 3.81. The number of hydrogen-bond acceptors (Lipinski definition) is 3. The molecule has 0 amide bonds. The van der Waals surface area contributed by atoms with Gasteiger partial charge in [0.15, 0.2) is 0 Å². The zero-order chi connectivity index (χ0) is 10.9. The van der Waals surface area contributed by atoms with Crippen molar-refractivity contribution in [2.75, 3.05) is 7.11 Å². The van der Waals surface area contributed by atoms with Crippen LogP contribution < -0.4 is 0 Å². The summed E-state index contributed by atoms with van der Waals surface area (Å²) in [4.78, 5) is 0. The molecule has 0 saturated heterocycles. The Morgan fingerprint density at radius 2 is 2.07 bits per heavy atom. The van der Waals surface area contributed by atoms with Crippen LogP contribution in [0.4, 0.5) is 0 Å². The second-order valence-electron chi connectivity index (χ2n) is 3.74. The summed E-state index contributed by atoms with van der Waals surface area (Å²) in [5.41, 5.74) is 1.16. The molecule has 1 unspecified atom stereocenters. The van der Waals surface area contributed by atoms with E-state index in [1.54, 1.807) is 6.08 Å². The fourth-order valence-electron chi connectivity index (χ4n) is 1.87. The first-order valence-electron chi connectivity index (χ1n) is 4.86. The zero-order valence-corrected chi connectivity index (χ0v) is 8.55. The molecule has 0 bridgehead atoms. The molecule has 1 aliphatic rings. The first-order valence-corrected chi connectivity index (χ1v) is 4.86. The predicted octanol–water partition coefficient (Wildman–Crippen LogP) is 0.653. The molecule has 15 heavy (non-hydrogen) atoms. The quantitative estimate of drug-likeness (QED) is 0.695. The summed E-state index contributed by atoms with van der Waals surface area (Å²) in [6, 6.07) is 7.85. The highest BCUT2D eigenvalue weighted by Gasteiger charge is 2.42. The van der Waals surface area contributed by atoms with Gasteiger partial charge in [0, 0.05) is 13.5 Å². The molecule has 0 spiro atoms. The molecule has 4 heteroatoms. The number of rotatable bonds is 2. The first kappa shape index (κ1) is 10.4. The summed E-state index contributed by atoms with van der Waals surface area (Å²) < 4.78 is 5.21. The molecule has 78 valence electrons. The van der Waals surface area contributed by atoms with Crippen LogP contribution in [0.15, 0.2) is 30.3 Å². The third-order valence-electron chi connectivity index (χ3n) is 2.88. The lowest BCUT2D eigenvalue weighted by molar-refractivity contribution is 0.0682. The Morgan fingerprint density at radius 1 is 1.33 bits per heavy atom. The van der Waals surface area contributed by atoms with Crippen molar-refractivity contribution in [1.82, 2.24) is 0 Å². The van der Waals surface area contributed by atoms with Crippen molar-refractivity contribution in [3.63, 3.8) is 0 Å². The van der Waals surface area contributed by atoms with Gasteiger partial charge in [-0.25, -0.2) is 0 Å². The van der Waals surface area contributed by atoms with Crippen molar-refractivity contribution in [2.45, 2.75) is 11.9 Å². The summed E-state index contributed by atoms with van der Waals surface area (Å²) in [6.07, 6.45) is 4.05. The monoisotopic (exact) mass is 204 g/mol. The lowest BCUT2D eigenvalue weighted by atomic mass is 9.62. The van der Waals surface area contributed by atoms with E-state index in [0.717, 1.165) is 11.1 Å². The highest BCUT2D eigenvalue weighted by Crippen LogP contribution is 2.28. The SMILES string of the molecule is COC1(B(O)O)C=Cc2ccccc2C1. The summed E-state index contributed by atoms with van der Waals surface area (Å²) in [5, 5.41) is 18.7. The van der Waals surface area contributed by atoms with Crippen LogP contribution in [0, 0.1) is 0 Å². The van der Waals surface area contributed by atoms with Crippen LogP contribution in [0.25, 0.3) is 6.08 Å². The minimum atomic E-state index is -1.51. The Hall–Kier alpha value is -1.10. The topological polar surface area (TPSA) is 49.7 Å². The van der Waals surface area contributed by atoms with Gasteiger partial charge in [-0.15, -0.1) is 0 Å². The number of hydrogen-bond donors (Lipinski definition) is 2. The molecule has 1 aromatic rings. The maximum Gasteiger partial charge on any atom is 0.490 e. The molecule has 2 rings (SSSR count). The Bertz CT molecular complexity index is 389. The summed E-state index contributed by atoms with van der Waals surface area (Å²) in [7, 11) is -0.0235. The van der Waals surface area contributed by atoms with E-state index < -0.39 is 12.6 Å². The van der Waals surface area contributed by atoms with E-state index in [1.807, 2.05) is 30.3 Å². The van der Waals surface area contributed by atoms with Crippen LogP contribution >= 0.6 is 0 Å². The van der Waals surface area contributed by atoms with E-state index in [-0.39, 0.29) is 0 Å². The van der Waals surface area contributed by atoms with Gasteiger partial charge in [-0.1, -0.05) is 36.4 Å². The van der Waals surface area contributed by atoms with Crippen LogP contribution in [-0.4, -0.2) is 29.8 Å². The average molecular weight is 204 g/mol. The molecule has 1 atom stereocenters. The van der Waals surface area contributed by atoms with Gasteiger partial charge < -0.3 is 14.8 Å². The number of methoxy groups -OCH3 is 1. The minimum Gasteiger partial charge on any atom is -0.425 e. The maximum atomic E-state index is 9.33. The fourth-order valence-corrected chi connectivity index (χ4v) is 1.87. The second-order valence-corrected chi connectivity index (χ2v) is 3.74. The molecule has 2 N–H and O–H groups in total. The van der Waals surface area contributed by atoms with Crippen molar-refractivity contribution >= 4 is 13.2 Å². The van der Waals surface area contributed by atoms with Crippen LogP contribution in [0.2, 0.25) is 0 Å². The molecule has 0 saturated carbocycles. The summed E-state index contributed by atoms with van der Waals surface area (Å²) in [6.45, 7) is 0. The van der Waals surface area contributed by atoms with Gasteiger partial charge in [-0.05, 0) is 11.1 Å². The smallest absolute Gasteiger partial charge is 0.425 e. The largest absolute Gasteiger partial charge is 0.490 e. The Balaban J connectivity index is 2.39. The molecule has 0 heterocycles. The van der Waals surface area contributed by atoms with Crippen LogP contribution in [0.1, 0.15) is 11.1 Å². The number of ether oxygens (including phenoxy) is 1. The van der Waals surface area contributed by atoms with Crippen molar-refractivity contribution in [3.05, 3.63) is 41.5 Å². The van der Waals surface area contributed by atoms with Gasteiger partial charge in [0.1, 0.15) is 5.50 Å². The van der Waals surface area contributed by atoms with E-state index in [9.17, 15) is 10.0 Å². The first-order chi connectivity index (χ1) is 7.18. The molecule has 1 aromatic carbocycles. The molecule has 3 nitrogen and oxygen atoms in total. The molecular formula is C11H13BO3. The lowest BCUT2D eigenvalue weighted by Crippen LogP contribution is -2.49. The highest BCUT2D eigenvalue weighted by molar-refractivity contribution is 6.46. The predicted molar refractivity (Wildman–Crippen MR) is 59.1 cm³/mol. The zero-order valence-electron chi connectivity index (χ0n) is 8.55. The molecule has 1 aliphatic carbocycles. The Morgan fingerprint density at radius 3 is 2.73 bits per heavy atom. The Labute approximate surface area is 89.2 Å². The van der Waals surface area contributed by atoms with E-state index in [2.05, 4.69) is 0 Å². The van der Waals surface area contributed by atoms with E-state index >= 15 is 0 Å². The van der Waals surface area contributed by atoms with Crippen molar-refractivity contribution < 1.29 is 14.8 Å². The van der Waals surface area contributed by atoms with Crippen LogP contribution in [0.3, 0.4) is 0 Å². The van der Waals surface area contributed by atoms with Gasteiger partial charge in [0.05, 0.1) is 0 Å². The number of fused-ring (bicyclic) bond motifs is 1. The van der Waals surface area contributed by atoms with Crippen molar-refractivity contribution in [3.8, 4) is 0 Å². The third kappa shape index (κ3) is 1.72. The van der Waals surface area contributed by atoms with Gasteiger partial charge in [-0.2, -0.15) is 0 Å². The van der Waals surface area contributed by atoms with E-state index in [1.165, 1.54) is 7.11 Å². The summed E-state index contributed by atoms with van der Waals surface area (Å²) in [5.74, 6) is 0. The molecule has 0 fully saturated rings. The molecule has 0 aliphatic heterocycles. The van der Waals surface area contributed by atoms with Gasteiger partial charge in [-0.3, -0.25) is 0 Å². The van der Waals surface area contributed by atoms with Gasteiger partial charge >= 0.3 is 7.12 Å².